The van der Waals surface area contributed by atoms with Crippen molar-refractivity contribution in [3.05, 3.63) is 26.9 Å². The van der Waals surface area contributed by atoms with Crippen LogP contribution in [0, 0.1) is 6.92 Å². The van der Waals surface area contributed by atoms with Crippen molar-refractivity contribution in [3.63, 3.8) is 0 Å². The highest BCUT2D eigenvalue weighted by Crippen LogP contribution is 2.33. The second-order valence-corrected chi connectivity index (χ2v) is 7.31. The summed E-state index contributed by atoms with van der Waals surface area (Å²) < 4.78 is 1.07. The lowest BCUT2D eigenvalue weighted by atomic mass is 10.3. The van der Waals surface area contributed by atoms with E-state index in [1.807, 2.05) is 25.1 Å². The zero-order valence-corrected chi connectivity index (χ0v) is 12.1. The summed E-state index contributed by atoms with van der Waals surface area (Å²) in [6, 6.07) is 6.02. The highest BCUT2D eigenvalue weighted by atomic mass is 79.9. The third-order valence-corrected chi connectivity index (χ3v) is 4.90. The zero-order chi connectivity index (χ0) is 12.0. The molecule has 0 aliphatic carbocycles. The first kappa shape index (κ1) is 11.1. The summed E-state index contributed by atoms with van der Waals surface area (Å²) in [5.41, 5.74) is 5.96. The maximum absolute atomic E-state index is 5.96. The maximum Gasteiger partial charge on any atom is 0.173 e. The topological polar surface area (TPSA) is 51.8 Å². The Morgan fingerprint density at radius 1 is 1.24 bits per heavy atom. The van der Waals surface area contributed by atoms with E-state index < -0.39 is 0 Å². The molecule has 0 atom stereocenters. The number of hydrogen-bond donors (Lipinski definition) is 1. The summed E-state index contributed by atoms with van der Waals surface area (Å²) in [4.78, 5) is 12.1. The van der Waals surface area contributed by atoms with Gasteiger partial charge in [0.15, 0.2) is 5.82 Å². The van der Waals surface area contributed by atoms with Gasteiger partial charge in [0.25, 0.3) is 0 Å². The molecule has 0 saturated heterocycles. The third-order valence-electron chi connectivity index (χ3n) is 2.34. The Morgan fingerprint density at radius 2 is 2.06 bits per heavy atom. The first-order valence-corrected chi connectivity index (χ1v) is 7.35. The van der Waals surface area contributed by atoms with Crippen LogP contribution in [0.5, 0.6) is 0 Å². The van der Waals surface area contributed by atoms with Crippen LogP contribution in [0.4, 0.5) is 5.82 Å². The van der Waals surface area contributed by atoms with Crippen LogP contribution in [-0.4, -0.2) is 9.97 Å². The molecular formula is C11H8BrN3S2. The quantitative estimate of drug-likeness (QED) is 0.733. The van der Waals surface area contributed by atoms with E-state index in [9.17, 15) is 0 Å². The molecule has 0 radical (unpaired) electrons. The average Bonchev–Trinajstić information content (AvgIpc) is 2.83. The fourth-order valence-electron chi connectivity index (χ4n) is 1.61. The lowest BCUT2D eigenvalue weighted by Crippen LogP contribution is -1.94. The van der Waals surface area contributed by atoms with E-state index >= 15 is 0 Å². The molecular weight excluding hydrogens is 318 g/mol. The Kier molecular flexibility index (Phi) is 2.65. The van der Waals surface area contributed by atoms with E-state index in [-0.39, 0.29) is 0 Å². The Balaban J connectivity index is 2.24. The highest BCUT2D eigenvalue weighted by molar-refractivity contribution is 9.11. The van der Waals surface area contributed by atoms with Gasteiger partial charge < -0.3 is 5.73 Å². The summed E-state index contributed by atoms with van der Waals surface area (Å²) in [5.74, 6) is 1.26. The number of hydrogen-bond acceptors (Lipinski definition) is 5. The minimum absolute atomic E-state index is 0.555. The maximum atomic E-state index is 5.96. The molecule has 0 aliphatic rings. The van der Waals surface area contributed by atoms with Gasteiger partial charge in [-0.3, -0.25) is 0 Å². The molecule has 3 aromatic rings. The second-order valence-electron chi connectivity index (χ2n) is 3.61. The minimum Gasteiger partial charge on any atom is -0.383 e. The first-order chi connectivity index (χ1) is 8.13. The van der Waals surface area contributed by atoms with Crippen molar-refractivity contribution in [1.82, 2.24) is 9.97 Å². The number of nitrogens with zero attached hydrogens (tertiary/aromatic N) is 2. The molecule has 0 saturated carbocycles. The predicted molar refractivity (Wildman–Crippen MR) is 77.6 cm³/mol. The van der Waals surface area contributed by atoms with Crippen molar-refractivity contribution in [2.24, 2.45) is 0 Å². The van der Waals surface area contributed by atoms with Gasteiger partial charge in [-0.05, 0) is 41.1 Å². The molecule has 0 amide bonds. The van der Waals surface area contributed by atoms with E-state index in [4.69, 9.17) is 5.73 Å². The predicted octanol–water partition coefficient (Wildman–Crippen LogP) is 4.07. The molecule has 6 heteroatoms. The molecule has 0 aromatic carbocycles. The van der Waals surface area contributed by atoms with Gasteiger partial charge in [0.05, 0.1) is 14.0 Å². The largest absolute Gasteiger partial charge is 0.383 e. The van der Waals surface area contributed by atoms with Gasteiger partial charge in [-0.1, -0.05) is 0 Å². The van der Waals surface area contributed by atoms with Gasteiger partial charge in [0, 0.05) is 4.88 Å². The number of nitrogen functional groups attached to an aromatic ring is 1. The molecule has 17 heavy (non-hydrogen) atoms. The smallest absolute Gasteiger partial charge is 0.173 e. The van der Waals surface area contributed by atoms with Gasteiger partial charge in [0.2, 0.25) is 0 Å². The Labute approximate surface area is 114 Å². The van der Waals surface area contributed by atoms with Crippen LogP contribution >= 0.6 is 38.6 Å². The van der Waals surface area contributed by atoms with E-state index in [1.165, 1.54) is 4.88 Å². The summed E-state index contributed by atoms with van der Waals surface area (Å²) in [7, 11) is 0. The third kappa shape index (κ3) is 1.96. The number of thiophene rings is 2. The van der Waals surface area contributed by atoms with Gasteiger partial charge >= 0.3 is 0 Å². The normalized spacial score (nSPS) is 11.2. The van der Waals surface area contributed by atoms with Crippen molar-refractivity contribution in [3.8, 4) is 10.7 Å². The number of nitrogens with two attached hydrogens (primary N) is 1. The zero-order valence-electron chi connectivity index (χ0n) is 8.90. The molecule has 86 valence electrons. The molecule has 0 aliphatic heterocycles. The van der Waals surface area contributed by atoms with E-state index in [0.717, 1.165) is 18.9 Å². The molecule has 0 unspecified atom stereocenters. The molecule has 3 rings (SSSR count). The van der Waals surface area contributed by atoms with E-state index in [1.54, 1.807) is 22.7 Å². The molecule has 3 aromatic heterocycles. The fraction of sp³-hybridized carbons (Fsp3) is 0.0909. The summed E-state index contributed by atoms with van der Waals surface area (Å²) in [6.45, 7) is 2.05. The molecule has 2 N–H and O–H groups in total. The number of fused-ring (bicyclic) bond motifs is 1. The number of halogens is 1. The molecule has 0 fully saturated rings. The monoisotopic (exact) mass is 325 g/mol. The van der Waals surface area contributed by atoms with Crippen LogP contribution in [0.2, 0.25) is 0 Å². The minimum atomic E-state index is 0.555. The average molecular weight is 326 g/mol. The van der Waals surface area contributed by atoms with Gasteiger partial charge in [-0.2, -0.15) is 0 Å². The lowest BCUT2D eigenvalue weighted by Gasteiger charge is -1.99. The Bertz CT molecular complexity index is 702. The number of aromatic nitrogens is 2. The molecule has 3 heterocycles. The van der Waals surface area contributed by atoms with Gasteiger partial charge in [0.1, 0.15) is 10.6 Å². The fourth-order valence-corrected chi connectivity index (χ4v) is 3.82. The van der Waals surface area contributed by atoms with Crippen LogP contribution in [-0.2, 0) is 0 Å². The summed E-state index contributed by atoms with van der Waals surface area (Å²) in [6.07, 6.45) is 0. The molecule has 0 spiro atoms. The number of rotatable bonds is 1. The van der Waals surface area contributed by atoms with Crippen LogP contribution in [0.25, 0.3) is 20.9 Å². The van der Waals surface area contributed by atoms with Crippen LogP contribution in [0.1, 0.15) is 4.88 Å². The van der Waals surface area contributed by atoms with Crippen molar-refractivity contribution in [1.29, 1.82) is 0 Å². The van der Waals surface area contributed by atoms with E-state index in [0.29, 0.717) is 11.6 Å². The Morgan fingerprint density at radius 3 is 2.76 bits per heavy atom. The van der Waals surface area contributed by atoms with Crippen molar-refractivity contribution >= 4 is 54.6 Å². The lowest BCUT2D eigenvalue weighted by molar-refractivity contribution is 1.26. The molecule has 3 nitrogen and oxygen atoms in total. The number of anilines is 1. The van der Waals surface area contributed by atoms with Gasteiger partial charge in [-0.15, -0.1) is 22.7 Å². The summed E-state index contributed by atoms with van der Waals surface area (Å²) in [5, 5.41) is 0.951. The summed E-state index contributed by atoms with van der Waals surface area (Å²) >= 11 is 6.69. The standard InChI is InChI=1S/C11H8BrN3S2/c1-5-4-6-9(13)14-10(15-11(6)16-5)7-2-3-8(12)17-7/h2-4H,1H3,(H2,13,14,15). The SMILES string of the molecule is Cc1cc2c(N)nc(-c3ccc(Br)s3)nc2s1. The number of aryl methyl sites for hydroxylation is 1. The van der Waals surface area contributed by atoms with Crippen LogP contribution in [0.15, 0.2) is 22.0 Å². The Hall–Kier alpha value is -0.980. The second kappa shape index (κ2) is 4.04. The van der Waals surface area contributed by atoms with Crippen molar-refractivity contribution in [2.45, 2.75) is 6.92 Å². The van der Waals surface area contributed by atoms with Crippen LogP contribution in [0.3, 0.4) is 0 Å². The van der Waals surface area contributed by atoms with E-state index in [2.05, 4.69) is 25.9 Å². The van der Waals surface area contributed by atoms with Gasteiger partial charge in [-0.25, -0.2) is 9.97 Å². The van der Waals surface area contributed by atoms with Crippen molar-refractivity contribution < 1.29 is 0 Å². The highest BCUT2D eigenvalue weighted by Gasteiger charge is 2.11. The van der Waals surface area contributed by atoms with Crippen molar-refractivity contribution in [2.75, 3.05) is 5.73 Å². The first-order valence-electron chi connectivity index (χ1n) is 4.93. The van der Waals surface area contributed by atoms with Crippen LogP contribution < -0.4 is 5.73 Å². The molecule has 0 bridgehead atoms.